The summed E-state index contributed by atoms with van der Waals surface area (Å²) >= 11 is 0. The molecular formula is C15H12N2O4. The van der Waals surface area contributed by atoms with E-state index < -0.39 is 5.97 Å². The van der Waals surface area contributed by atoms with Crippen LogP contribution >= 0.6 is 0 Å². The Balaban J connectivity index is 1.97. The smallest absolute Gasteiger partial charge is 0.371 e. The fourth-order valence-electron chi connectivity index (χ4n) is 2.13. The summed E-state index contributed by atoms with van der Waals surface area (Å²) in [6.07, 6.45) is 1.50. The number of rotatable bonds is 3. The van der Waals surface area contributed by atoms with Crippen LogP contribution in [0, 0.1) is 6.92 Å². The van der Waals surface area contributed by atoms with Crippen molar-refractivity contribution in [3.05, 3.63) is 64.0 Å². The summed E-state index contributed by atoms with van der Waals surface area (Å²) in [5, 5.41) is 9.60. The molecule has 106 valence electrons. The van der Waals surface area contributed by atoms with Crippen LogP contribution in [0.2, 0.25) is 0 Å². The van der Waals surface area contributed by atoms with E-state index in [0.29, 0.717) is 23.2 Å². The van der Waals surface area contributed by atoms with Crippen molar-refractivity contribution < 1.29 is 14.3 Å². The van der Waals surface area contributed by atoms with E-state index in [-0.39, 0.29) is 11.3 Å². The molecule has 0 aliphatic carbocycles. The van der Waals surface area contributed by atoms with Crippen molar-refractivity contribution in [2.45, 2.75) is 13.5 Å². The van der Waals surface area contributed by atoms with Gasteiger partial charge in [0.2, 0.25) is 5.76 Å². The van der Waals surface area contributed by atoms with Crippen LogP contribution in [0.3, 0.4) is 0 Å². The lowest BCUT2D eigenvalue weighted by Gasteiger charge is -2.05. The summed E-state index contributed by atoms with van der Waals surface area (Å²) in [5.74, 6) is -1.21. The molecule has 0 unspecified atom stereocenters. The van der Waals surface area contributed by atoms with E-state index in [0.717, 1.165) is 5.56 Å². The molecule has 0 spiro atoms. The first-order valence-corrected chi connectivity index (χ1v) is 6.32. The fraction of sp³-hybridized carbons (Fsp3) is 0.133. The Kier molecular flexibility index (Phi) is 3.06. The first kappa shape index (κ1) is 13.1. The van der Waals surface area contributed by atoms with E-state index in [2.05, 4.69) is 4.98 Å². The minimum atomic E-state index is -1.10. The Hall–Kier alpha value is -2.89. The largest absolute Gasteiger partial charge is 0.475 e. The van der Waals surface area contributed by atoms with Crippen molar-refractivity contribution in [3.63, 3.8) is 0 Å². The highest BCUT2D eigenvalue weighted by Crippen LogP contribution is 2.21. The first-order chi connectivity index (χ1) is 10.0. The number of fused-ring (bicyclic) bond motifs is 1. The van der Waals surface area contributed by atoms with Crippen LogP contribution in [-0.4, -0.2) is 20.6 Å². The van der Waals surface area contributed by atoms with E-state index >= 15 is 0 Å². The maximum atomic E-state index is 11.8. The maximum absolute atomic E-state index is 11.8. The monoisotopic (exact) mass is 284 g/mol. The van der Waals surface area contributed by atoms with Gasteiger partial charge in [-0.3, -0.25) is 9.36 Å². The molecule has 0 saturated heterocycles. The minimum absolute atomic E-state index is 0.101. The predicted octanol–water partition coefficient (Wildman–Crippen LogP) is 2.04. The quantitative estimate of drug-likeness (QED) is 0.795. The second kappa shape index (κ2) is 4.90. The number of benzene rings is 1. The molecule has 6 heteroatoms. The third kappa shape index (κ3) is 2.55. The Morgan fingerprint density at radius 2 is 2.14 bits per heavy atom. The Morgan fingerprint density at radius 1 is 1.33 bits per heavy atom. The first-order valence-electron chi connectivity index (χ1n) is 6.32. The lowest BCUT2D eigenvalue weighted by Crippen LogP contribution is -2.20. The second-order valence-electron chi connectivity index (χ2n) is 4.78. The van der Waals surface area contributed by atoms with Gasteiger partial charge in [0.25, 0.3) is 5.56 Å². The SMILES string of the molecule is Cc1cc(=O)n(Cc2ccc3oc(C(=O)O)cc3c2)cn1. The molecule has 3 rings (SSSR count). The molecule has 3 aromatic rings. The Labute approximate surface area is 119 Å². The molecule has 21 heavy (non-hydrogen) atoms. The highest BCUT2D eigenvalue weighted by atomic mass is 16.4. The summed E-state index contributed by atoms with van der Waals surface area (Å²) in [6, 6.07) is 8.24. The molecule has 0 atom stereocenters. The van der Waals surface area contributed by atoms with E-state index in [4.69, 9.17) is 9.52 Å². The zero-order chi connectivity index (χ0) is 15.0. The molecule has 2 aromatic heterocycles. The van der Waals surface area contributed by atoms with Crippen LogP contribution in [0.1, 0.15) is 21.8 Å². The van der Waals surface area contributed by atoms with Crippen LogP contribution in [0.25, 0.3) is 11.0 Å². The average molecular weight is 284 g/mol. The second-order valence-corrected chi connectivity index (χ2v) is 4.78. The molecule has 1 N–H and O–H groups in total. The molecule has 0 aliphatic heterocycles. The highest BCUT2D eigenvalue weighted by Gasteiger charge is 2.10. The Bertz CT molecular complexity index is 892. The number of nitrogens with zero attached hydrogens (tertiary/aromatic N) is 2. The van der Waals surface area contributed by atoms with Gasteiger partial charge in [-0.15, -0.1) is 0 Å². The summed E-state index contributed by atoms with van der Waals surface area (Å²) in [4.78, 5) is 26.8. The van der Waals surface area contributed by atoms with Crippen molar-refractivity contribution in [2.75, 3.05) is 0 Å². The van der Waals surface area contributed by atoms with E-state index in [1.807, 2.05) is 0 Å². The summed E-state index contributed by atoms with van der Waals surface area (Å²) in [7, 11) is 0. The standard InChI is InChI=1S/C15H12N2O4/c1-9-4-14(18)17(8-16-9)7-10-2-3-12-11(5-10)6-13(21-12)15(19)20/h2-6,8H,7H2,1H3,(H,19,20). The number of aromatic nitrogens is 2. The van der Waals surface area contributed by atoms with E-state index in [1.165, 1.54) is 23.0 Å². The third-order valence-corrected chi connectivity index (χ3v) is 3.16. The number of carbonyl (C=O) groups is 1. The average Bonchev–Trinajstić information content (AvgIpc) is 2.85. The van der Waals surface area contributed by atoms with Gasteiger partial charge in [0.15, 0.2) is 0 Å². The van der Waals surface area contributed by atoms with Crippen molar-refractivity contribution >= 4 is 16.9 Å². The van der Waals surface area contributed by atoms with Gasteiger partial charge in [0.1, 0.15) is 5.58 Å². The molecular weight excluding hydrogens is 272 g/mol. The highest BCUT2D eigenvalue weighted by molar-refractivity contribution is 5.91. The molecule has 0 amide bonds. The van der Waals surface area contributed by atoms with Gasteiger partial charge >= 0.3 is 5.97 Å². The predicted molar refractivity (Wildman–Crippen MR) is 75.5 cm³/mol. The Morgan fingerprint density at radius 3 is 2.86 bits per heavy atom. The number of carboxylic acids is 1. The lowest BCUT2D eigenvalue weighted by molar-refractivity contribution is 0.0665. The van der Waals surface area contributed by atoms with E-state index in [9.17, 15) is 9.59 Å². The number of carboxylic acid groups (broad SMARTS) is 1. The van der Waals surface area contributed by atoms with Crippen molar-refractivity contribution in [1.82, 2.24) is 9.55 Å². The number of hydrogen-bond donors (Lipinski definition) is 1. The molecule has 2 heterocycles. The molecule has 0 aliphatic rings. The summed E-state index contributed by atoms with van der Waals surface area (Å²) in [6.45, 7) is 2.13. The third-order valence-electron chi connectivity index (χ3n) is 3.16. The minimum Gasteiger partial charge on any atom is -0.475 e. The van der Waals surface area contributed by atoms with Crippen molar-refractivity contribution in [2.24, 2.45) is 0 Å². The molecule has 0 bridgehead atoms. The van der Waals surface area contributed by atoms with Crippen molar-refractivity contribution in [3.8, 4) is 0 Å². The zero-order valence-electron chi connectivity index (χ0n) is 11.2. The number of hydrogen-bond acceptors (Lipinski definition) is 4. The van der Waals surface area contributed by atoms with Gasteiger partial charge in [-0.05, 0) is 30.7 Å². The van der Waals surface area contributed by atoms with Crippen LogP contribution < -0.4 is 5.56 Å². The van der Waals surface area contributed by atoms with Crippen LogP contribution in [0.5, 0.6) is 0 Å². The van der Waals surface area contributed by atoms with Gasteiger partial charge < -0.3 is 9.52 Å². The number of aromatic carboxylic acids is 1. The molecule has 6 nitrogen and oxygen atoms in total. The molecule has 0 radical (unpaired) electrons. The van der Waals surface area contributed by atoms with Crippen LogP contribution in [0.4, 0.5) is 0 Å². The maximum Gasteiger partial charge on any atom is 0.371 e. The summed E-state index contributed by atoms with van der Waals surface area (Å²) < 4.78 is 6.69. The van der Waals surface area contributed by atoms with Gasteiger partial charge in [0.05, 0.1) is 12.9 Å². The lowest BCUT2D eigenvalue weighted by atomic mass is 10.1. The molecule has 1 aromatic carbocycles. The number of aryl methyl sites for hydroxylation is 1. The van der Waals surface area contributed by atoms with Crippen LogP contribution in [0.15, 0.2) is 45.9 Å². The van der Waals surface area contributed by atoms with Gasteiger partial charge in [-0.2, -0.15) is 0 Å². The van der Waals surface area contributed by atoms with Gasteiger partial charge in [0, 0.05) is 17.1 Å². The zero-order valence-corrected chi connectivity index (χ0v) is 11.2. The number of furan rings is 1. The van der Waals surface area contributed by atoms with Gasteiger partial charge in [-0.1, -0.05) is 6.07 Å². The topological polar surface area (TPSA) is 85.3 Å². The molecule has 0 fully saturated rings. The van der Waals surface area contributed by atoms with Crippen LogP contribution in [-0.2, 0) is 6.54 Å². The molecule has 0 saturated carbocycles. The van der Waals surface area contributed by atoms with Crippen molar-refractivity contribution in [1.29, 1.82) is 0 Å². The van der Waals surface area contributed by atoms with E-state index in [1.54, 1.807) is 25.1 Å². The van der Waals surface area contributed by atoms with Gasteiger partial charge in [-0.25, -0.2) is 9.78 Å². The normalized spacial score (nSPS) is 10.9. The fourth-order valence-corrected chi connectivity index (χ4v) is 2.13. The summed E-state index contributed by atoms with van der Waals surface area (Å²) in [5.41, 5.74) is 1.92.